The molecular weight excluding hydrogens is 816 g/mol. The highest BCUT2D eigenvalue weighted by atomic mass is 32.2. The molecule has 1 aromatic heterocycles. The zero-order valence-electron chi connectivity index (χ0n) is 34.0. The normalized spacial score (nSPS) is 17.6. The number of aryl methyl sites for hydroxylation is 1. The Morgan fingerprint density at radius 1 is 0.869 bits per heavy atom. The smallest absolute Gasteiger partial charge is 0.264 e. The predicted octanol–water partition coefficient (Wildman–Crippen LogP) is 6.31. The van der Waals surface area contributed by atoms with Gasteiger partial charge in [-0.2, -0.15) is 4.98 Å². The maximum Gasteiger partial charge on any atom is 0.264 e. The van der Waals surface area contributed by atoms with Crippen LogP contribution in [0.15, 0.2) is 54.7 Å². The summed E-state index contributed by atoms with van der Waals surface area (Å²) in [5.74, 6) is -4.46. The number of hydrogen-bond donors (Lipinski definition) is 5. The molecule has 2 saturated heterocycles. The van der Waals surface area contributed by atoms with Gasteiger partial charge in [0.1, 0.15) is 29.3 Å². The molecule has 3 aliphatic heterocycles. The number of benzene rings is 3. The average Bonchev–Trinajstić information content (AvgIpc) is 3.44. The Morgan fingerprint density at radius 3 is 2.28 bits per heavy atom. The lowest BCUT2D eigenvalue weighted by Gasteiger charge is -2.32. The molecule has 15 nitrogen and oxygen atoms in total. The summed E-state index contributed by atoms with van der Waals surface area (Å²) in [7, 11) is -3.90. The minimum atomic E-state index is -3.90. The largest absolute Gasteiger partial charge is 0.384 e. The summed E-state index contributed by atoms with van der Waals surface area (Å²) in [5, 5.41) is 11.3. The molecule has 4 aromatic rings. The van der Waals surface area contributed by atoms with E-state index in [1.807, 2.05) is 0 Å². The molecule has 1 unspecified atom stereocenters. The molecule has 0 aliphatic carbocycles. The molecule has 0 spiro atoms. The molecule has 2 fully saturated rings. The van der Waals surface area contributed by atoms with Gasteiger partial charge in [0.25, 0.3) is 11.8 Å². The minimum Gasteiger partial charge on any atom is -0.384 e. The van der Waals surface area contributed by atoms with Gasteiger partial charge in [-0.1, -0.05) is 6.07 Å². The summed E-state index contributed by atoms with van der Waals surface area (Å²) in [6, 6.07) is 10.1. The maximum atomic E-state index is 15.6. The second-order valence-electron chi connectivity index (χ2n) is 16.3. The fourth-order valence-electron chi connectivity index (χ4n) is 7.55. The molecule has 1 atom stereocenters. The molecule has 5 N–H and O–H groups in total. The number of halogens is 3. The third kappa shape index (κ3) is 9.17. The van der Waals surface area contributed by atoms with Gasteiger partial charge in [0, 0.05) is 47.4 Å². The van der Waals surface area contributed by atoms with Gasteiger partial charge in [-0.3, -0.25) is 34.1 Å². The number of nitrogens with one attached hydrogen (secondary N) is 5. The van der Waals surface area contributed by atoms with Crippen molar-refractivity contribution in [1.29, 1.82) is 0 Å². The Hall–Kier alpha value is -6.08. The third-order valence-electron chi connectivity index (χ3n) is 11.0. The number of anilines is 6. The lowest BCUT2D eigenvalue weighted by Crippen LogP contribution is -2.54. The van der Waals surface area contributed by atoms with E-state index in [1.54, 1.807) is 25.1 Å². The van der Waals surface area contributed by atoms with Crippen molar-refractivity contribution in [3.63, 3.8) is 0 Å². The van der Waals surface area contributed by atoms with Gasteiger partial charge in [-0.15, -0.1) is 0 Å². The quantitative estimate of drug-likeness (QED) is 0.0744. The van der Waals surface area contributed by atoms with E-state index in [0.29, 0.717) is 68.2 Å². The molecule has 0 radical (unpaired) electrons. The Morgan fingerprint density at radius 2 is 1.59 bits per heavy atom. The van der Waals surface area contributed by atoms with Gasteiger partial charge in [-0.25, -0.2) is 26.6 Å². The van der Waals surface area contributed by atoms with E-state index in [4.69, 9.17) is 0 Å². The summed E-state index contributed by atoms with van der Waals surface area (Å²) in [6.45, 7) is 8.59. The number of amides is 4. The van der Waals surface area contributed by atoms with Gasteiger partial charge < -0.3 is 20.9 Å². The van der Waals surface area contributed by atoms with Crippen molar-refractivity contribution in [2.45, 2.75) is 76.5 Å². The van der Waals surface area contributed by atoms with Crippen molar-refractivity contribution in [1.82, 2.24) is 25.1 Å². The molecule has 4 heterocycles. The standard InChI is InChI=1S/C42H46F3N9O6S/c1-23-22-47-41(51-37(23)48-25-9-10-28(43)32(21-25)52-61(59,60)42(2,3)4)49-26-19-29(44)35(30(45)20-26)24-13-17-53(18-14-24)16-6-15-46-31-8-5-7-27-36(31)40(58)54(39(27)57)33-11-12-34(55)50-38(33)56/h5,7-10,19-22,24,33,46,52H,6,11-18H2,1-4H3,(H,50,55,56)(H2,47,48,49,51). The fourth-order valence-corrected chi connectivity index (χ4v) is 8.31. The Bertz CT molecular complexity index is 2500. The summed E-state index contributed by atoms with van der Waals surface area (Å²) in [4.78, 5) is 62.4. The first-order valence-electron chi connectivity index (χ1n) is 19.9. The van der Waals surface area contributed by atoms with Crippen molar-refractivity contribution < 1.29 is 40.8 Å². The summed E-state index contributed by atoms with van der Waals surface area (Å²) in [6.07, 6.45) is 3.34. The minimum absolute atomic E-state index is 0.0109. The maximum absolute atomic E-state index is 15.6. The van der Waals surface area contributed by atoms with Gasteiger partial charge in [0.05, 0.1) is 21.6 Å². The molecule has 3 aromatic carbocycles. The number of nitrogens with zero attached hydrogens (tertiary/aromatic N) is 4. The van der Waals surface area contributed by atoms with E-state index >= 15 is 8.78 Å². The molecule has 0 saturated carbocycles. The van der Waals surface area contributed by atoms with Crippen molar-refractivity contribution in [2.24, 2.45) is 0 Å². The Kier molecular flexibility index (Phi) is 12.1. The summed E-state index contributed by atoms with van der Waals surface area (Å²) < 4.78 is 72.2. The first kappa shape index (κ1) is 43.0. The lowest BCUT2D eigenvalue weighted by molar-refractivity contribution is -0.136. The highest BCUT2D eigenvalue weighted by Gasteiger charge is 2.45. The van der Waals surface area contributed by atoms with Gasteiger partial charge >= 0.3 is 0 Å². The van der Waals surface area contributed by atoms with E-state index in [-0.39, 0.29) is 52.8 Å². The van der Waals surface area contributed by atoms with E-state index in [1.165, 1.54) is 51.2 Å². The summed E-state index contributed by atoms with van der Waals surface area (Å²) in [5.41, 5.74) is 1.65. The topological polar surface area (TPSA) is 195 Å². The van der Waals surface area contributed by atoms with Crippen molar-refractivity contribution in [2.75, 3.05) is 46.9 Å². The highest BCUT2D eigenvalue weighted by molar-refractivity contribution is 7.94. The first-order chi connectivity index (χ1) is 28.9. The van der Waals surface area contributed by atoms with Gasteiger partial charge in [0.2, 0.25) is 27.8 Å². The number of likely N-dealkylation sites (tertiary alicyclic amines) is 1. The number of carbonyl (C=O) groups is 4. The van der Waals surface area contributed by atoms with E-state index in [9.17, 15) is 32.0 Å². The number of hydrogen-bond acceptors (Lipinski definition) is 12. The van der Waals surface area contributed by atoms with Crippen molar-refractivity contribution >= 4 is 68.2 Å². The molecule has 3 aliphatic rings. The van der Waals surface area contributed by atoms with E-state index in [2.05, 4.69) is 40.9 Å². The Balaban J connectivity index is 0.916. The van der Waals surface area contributed by atoms with E-state index < -0.39 is 61.9 Å². The molecule has 19 heteroatoms. The van der Waals surface area contributed by atoms with Crippen molar-refractivity contribution in [3.8, 4) is 0 Å². The van der Waals surface area contributed by atoms with Crippen LogP contribution < -0.4 is 26.0 Å². The monoisotopic (exact) mass is 861 g/mol. The van der Waals surface area contributed by atoms with Crippen LogP contribution >= 0.6 is 0 Å². The van der Waals surface area contributed by atoms with Crippen LogP contribution in [0.25, 0.3) is 0 Å². The molecule has 61 heavy (non-hydrogen) atoms. The first-order valence-corrected chi connectivity index (χ1v) is 21.4. The Labute approximate surface area is 350 Å². The molecule has 322 valence electrons. The zero-order valence-corrected chi connectivity index (χ0v) is 34.8. The van der Waals surface area contributed by atoms with Crippen LogP contribution in [0.5, 0.6) is 0 Å². The number of fused-ring (bicyclic) bond motifs is 1. The lowest BCUT2D eigenvalue weighted by atomic mass is 9.88. The van der Waals surface area contributed by atoms with Crippen LogP contribution in [0.3, 0.4) is 0 Å². The van der Waals surface area contributed by atoms with Crippen LogP contribution in [0.2, 0.25) is 0 Å². The molecule has 0 bridgehead atoms. The number of imide groups is 2. The van der Waals surface area contributed by atoms with Gasteiger partial charge in [-0.05, 0) is 121 Å². The van der Waals surface area contributed by atoms with Crippen LogP contribution in [-0.4, -0.2) is 88.8 Å². The molecule has 7 rings (SSSR count). The van der Waals surface area contributed by atoms with Crippen molar-refractivity contribution in [3.05, 3.63) is 94.4 Å². The van der Waals surface area contributed by atoms with Crippen LogP contribution in [0.4, 0.5) is 47.7 Å². The second kappa shape index (κ2) is 17.1. The third-order valence-corrected chi connectivity index (χ3v) is 13.1. The number of rotatable bonds is 13. The molecular formula is C42H46F3N9O6S. The predicted molar refractivity (Wildman–Crippen MR) is 223 cm³/mol. The van der Waals surface area contributed by atoms with Gasteiger partial charge in [0.15, 0.2) is 0 Å². The summed E-state index contributed by atoms with van der Waals surface area (Å²) >= 11 is 0. The SMILES string of the molecule is Cc1cnc(Nc2cc(F)c(C3CCN(CCCNc4cccc5c4C(=O)N(C4CCC(=O)NC4=O)C5=O)CC3)c(F)c2)nc1Nc1ccc(F)c(NS(=O)(=O)C(C)(C)C)c1. The fraction of sp³-hybridized carbons (Fsp3) is 0.381. The average molecular weight is 862 g/mol. The van der Waals surface area contributed by atoms with Crippen LogP contribution in [-0.2, 0) is 19.6 Å². The number of aromatic nitrogens is 2. The number of sulfonamides is 1. The number of carbonyl (C=O) groups excluding carboxylic acids is 4. The van der Waals surface area contributed by atoms with Crippen LogP contribution in [0, 0.1) is 24.4 Å². The van der Waals surface area contributed by atoms with E-state index in [0.717, 1.165) is 11.0 Å². The van der Waals surface area contributed by atoms with Crippen LogP contribution in [0.1, 0.15) is 90.6 Å². The highest BCUT2D eigenvalue weighted by Crippen LogP contribution is 2.35. The zero-order chi connectivity index (χ0) is 43.8. The molecule has 4 amide bonds. The second-order valence-corrected chi connectivity index (χ2v) is 18.7. The number of piperidine rings is 2.